The fourth-order valence-electron chi connectivity index (χ4n) is 1.90. The summed E-state index contributed by atoms with van der Waals surface area (Å²) in [4.78, 5) is 16.9. The first-order valence-electron chi connectivity index (χ1n) is 5.75. The number of halogens is 3. The Kier molecular flexibility index (Phi) is 4.12. The number of hydrogen-bond acceptors (Lipinski definition) is 3. The lowest BCUT2D eigenvalue weighted by atomic mass is 10.3. The van der Waals surface area contributed by atoms with Gasteiger partial charge in [0.1, 0.15) is 4.34 Å². The normalized spacial score (nSPS) is 12.3. The molecule has 3 aromatic rings. The lowest BCUT2D eigenvalue weighted by Crippen LogP contribution is -2.13. The molecule has 0 saturated heterocycles. The average Bonchev–Trinajstić information content (AvgIpc) is 2.91. The Morgan fingerprint density at radius 3 is 2.62 bits per heavy atom. The minimum absolute atomic E-state index is 0.315. The second kappa shape index (κ2) is 5.74. The van der Waals surface area contributed by atoms with Crippen molar-refractivity contribution in [1.29, 1.82) is 0 Å². The maximum Gasteiger partial charge on any atom is 0.282 e. The van der Waals surface area contributed by atoms with Gasteiger partial charge in [0.05, 0.1) is 25.1 Å². The Morgan fingerprint density at radius 1 is 1.24 bits per heavy atom. The summed E-state index contributed by atoms with van der Waals surface area (Å²) in [6.07, 6.45) is 0. The molecule has 0 unspecified atom stereocenters. The van der Waals surface area contributed by atoms with E-state index in [-0.39, 0.29) is 0 Å². The maximum atomic E-state index is 12.2. The van der Waals surface area contributed by atoms with Crippen LogP contribution < -0.4 is 4.80 Å². The van der Waals surface area contributed by atoms with Crippen molar-refractivity contribution in [1.82, 2.24) is 4.57 Å². The summed E-state index contributed by atoms with van der Waals surface area (Å²) in [5.74, 6) is -0.415. The van der Waals surface area contributed by atoms with E-state index < -0.39 is 5.91 Å². The smallest absolute Gasteiger partial charge is 0.282 e. The highest BCUT2D eigenvalue weighted by atomic mass is 35.5. The molecule has 0 saturated carbocycles. The standard InChI is InChI=1S/C13H7Cl3N2OS2/c1-18-10-7(14)3-2-4-8(10)20-13(18)17-12(19)6-5-9(15)21-11(6)16/h2-5H,1H3. The SMILES string of the molecule is Cn1c(=NC(=O)c2cc(Cl)sc2Cl)sc2cccc(Cl)c21. The van der Waals surface area contributed by atoms with Crippen molar-refractivity contribution >= 4 is 73.6 Å². The van der Waals surface area contributed by atoms with Crippen molar-refractivity contribution in [2.45, 2.75) is 0 Å². The van der Waals surface area contributed by atoms with Crippen LogP contribution in [0.3, 0.4) is 0 Å². The van der Waals surface area contributed by atoms with Gasteiger partial charge in [-0.2, -0.15) is 4.99 Å². The van der Waals surface area contributed by atoms with Crippen molar-refractivity contribution in [2.24, 2.45) is 12.0 Å². The van der Waals surface area contributed by atoms with E-state index in [0.29, 0.717) is 24.1 Å². The summed E-state index contributed by atoms with van der Waals surface area (Å²) in [5.41, 5.74) is 1.17. The Labute approximate surface area is 143 Å². The van der Waals surface area contributed by atoms with Gasteiger partial charge in [-0.15, -0.1) is 11.3 Å². The molecule has 0 aliphatic carbocycles. The molecular formula is C13H7Cl3N2OS2. The number of nitrogens with zero attached hydrogens (tertiary/aromatic N) is 2. The number of fused-ring (bicyclic) bond motifs is 1. The summed E-state index contributed by atoms with van der Waals surface area (Å²) < 4.78 is 3.56. The number of amides is 1. The third-order valence-electron chi connectivity index (χ3n) is 2.86. The Hall–Kier alpha value is -0.850. The highest BCUT2D eigenvalue weighted by molar-refractivity contribution is 7.20. The summed E-state index contributed by atoms with van der Waals surface area (Å²) in [7, 11) is 1.82. The summed E-state index contributed by atoms with van der Waals surface area (Å²) in [6, 6.07) is 7.13. The van der Waals surface area contributed by atoms with Crippen LogP contribution in [0.25, 0.3) is 10.2 Å². The molecule has 0 aliphatic rings. The van der Waals surface area contributed by atoms with Gasteiger partial charge in [0.25, 0.3) is 5.91 Å². The molecule has 0 aliphatic heterocycles. The first kappa shape index (κ1) is 15.1. The Balaban J connectivity index is 2.16. The van der Waals surface area contributed by atoms with E-state index in [0.717, 1.165) is 21.6 Å². The van der Waals surface area contributed by atoms with Crippen molar-refractivity contribution in [2.75, 3.05) is 0 Å². The van der Waals surface area contributed by atoms with Crippen LogP contribution in [-0.2, 0) is 7.05 Å². The molecule has 2 aromatic heterocycles. The van der Waals surface area contributed by atoms with Gasteiger partial charge >= 0.3 is 0 Å². The number of thiazole rings is 1. The monoisotopic (exact) mass is 376 g/mol. The summed E-state index contributed by atoms with van der Waals surface area (Å²) >= 11 is 20.5. The molecule has 0 radical (unpaired) electrons. The van der Waals surface area contributed by atoms with Crippen LogP contribution in [0.2, 0.25) is 13.7 Å². The van der Waals surface area contributed by atoms with Gasteiger partial charge in [0.2, 0.25) is 0 Å². The molecular weight excluding hydrogens is 371 g/mol. The predicted octanol–water partition coefficient (Wildman–Crippen LogP) is 5.00. The number of hydrogen-bond donors (Lipinski definition) is 0. The number of carbonyl (C=O) groups is 1. The van der Waals surface area contributed by atoms with Gasteiger partial charge in [-0.1, -0.05) is 52.2 Å². The number of thiophene rings is 1. The molecule has 0 bridgehead atoms. The number of rotatable bonds is 1. The van der Waals surface area contributed by atoms with E-state index >= 15 is 0 Å². The van der Waals surface area contributed by atoms with Gasteiger partial charge in [-0.25, -0.2) is 0 Å². The number of carbonyl (C=O) groups excluding carboxylic acids is 1. The van der Waals surface area contributed by atoms with E-state index in [1.165, 1.54) is 17.4 Å². The highest BCUT2D eigenvalue weighted by Gasteiger charge is 2.14. The van der Waals surface area contributed by atoms with Crippen LogP contribution >= 0.6 is 57.5 Å². The fourth-order valence-corrected chi connectivity index (χ4v) is 4.75. The van der Waals surface area contributed by atoms with Gasteiger partial charge in [0.15, 0.2) is 4.80 Å². The lowest BCUT2D eigenvalue weighted by molar-refractivity contribution is 0.0998. The first-order valence-corrected chi connectivity index (χ1v) is 8.52. The van der Waals surface area contributed by atoms with E-state index in [9.17, 15) is 4.79 Å². The van der Waals surface area contributed by atoms with Gasteiger partial charge < -0.3 is 4.57 Å². The zero-order valence-corrected chi connectivity index (χ0v) is 14.5. The van der Waals surface area contributed by atoms with E-state index in [1.54, 1.807) is 10.6 Å². The molecule has 3 nitrogen and oxygen atoms in total. The third-order valence-corrected chi connectivity index (χ3v) is 5.75. The number of benzene rings is 1. The van der Waals surface area contributed by atoms with Gasteiger partial charge in [0, 0.05) is 7.05 Å². The zero-order valence-electron chi connectivity index (χ0n) is 10.6. The highest BCUT2D eigenvalue weighted by Crippen LogP contribution is 2.31. The minimum Gasteiger partial charge on any atom is -0.318 e. The molecule has 21 heavy (non-hydrogen) atoms. The molecule has 1 aromatic carbocycles. The van der Waals surface area contributed by atoms with E-state index in [1.807, 2.05) is 19.2 Å². The van der Waals surface area contributed by atoms with Gasteiger partial charge in [-0.05, 0) is 18.2 Å². The van der Waals surface area contributed by atoms with Gasteiger partial charge in [-0.3, -0.25) is 4.79 Å². The molecule has 0 fully saturated rings. The summed E-state index contributed by atoms with van der Waals surface area (Å²) in [5, 5.41) is 0.622. The maximum absolute atomic E-state index is 12.2. The van der Waals surface area contributed by atoms with Crippen LogP contribution in [0.4, 0.5) is 0 Å². The molecule has 108 valence electrons. The third kappa shape index (κ3) is 2.76. The van der Waals surface area contributed by atoms with Crippen molar-refractivity contribution in [3.05, 3.63) is 48.3 Å². The van der Waals surface area contributed by atoms with Crippen molar-refractivity contribution in [3.8, 4) is 0 Å². The number of para-hydroxylation sites is 1. The van der Waals surface area contributed by atoms with Crippen LogP contribution in [0.15, 0.2) is 29.3 Å². The molecule has 3 rings (SSSR count). The van der Waals surface area contributed by atoms with Crippen molar-refractivity contribution < 1.29 is 4.79 Å². The average molecular weight is 378 g/mol. The summed E-state index contributed by atoms with van der Waals surface area (Å²) in [6.45, 7) is 0. The van der Waals surface area contributed by atoms with Crippen molar-refractivity contribution in [3.63, 3.8) is 0 Å². The second-order valence-corrected chi connectivity index (χ2v) is 7.89. The Bertz CT molecular complexity index is 923. The Morgan fingerprint density at radius 2 is 2.00 bits per heavy atom. The van der Waals surface area contributed by atoms with Crippen LogP contribution in [0.1, 0.15) is 10.4 Å². The molecule has 8 heteroatoms. The zero-order chi connectivity index (χ0) is 15.1. The van der Waals surface area contributed by atoms with E-state index in [4.69, 9.17) is 34.8 Å². The van der Waals surface area contributed by atoms with Crippen LogP contribution in [-0.4, -0.2) is 10.5 Å². The van der Waals surface area contributed by atoms with Crippen LogP contribution in [0.5, 0.6) is 0 Å². The molecule has 2 heterocycles. The minimum atomic E-state index is -0.415. The molecule has 0 atom stereocenters. The fraction of sp³-hybridized carbons (Fsp3) is 0.0769. The topological polar surface area (TPSA) is 34.4 Å². The number of aryl methyl sites for hydroxylation is 1. The second-order valence-electron chi connectivity index (χ2n) is 4.19. The molecule has 1 amide bonds. The van der Waals surface area contributed by atoms with E-state index in [2.05, 4.69) is 4.99 Å². The number of aromatic nitrogens is 1. The quantitative estimate of drug-likeness (QED) is 0.587. The predicted molar refractivity (Wildman–Crippen MR) is 90.0 cm³/mol. The van der Waals surface area contributed by atoms with Crippen LogP contribution in [0, 0.1) is 0 Å². The molecule has 0 N–H and O–H groups in total. The first-order chi connectivity index (χ1) is 9.97. The lowest BCUT2D eigenvalue weighted by Gasteiger charge is -1.97. The molecule has 0 spiro atoms. The largest absolute Gasteiger partial charge is 0.318 e.